The fourth-order valence-electron chi connectivity index (χ4n) is 4.96. The molecule has 272 valence electrons. The van der Waals surface area contributed by atoms with E-state index in [-0.39, 0.29) is 33.7 Å². The zero-order valence-corrected chi connectivity index (χ0v) is 29.2. The minimum atomic E-state index is -4.53. The molecule has 6 aromatic rings. The first-order valence-corrected chi connectivity index (χ1v) is 20.3. The first-order chi connectivity index (χ1) is 23.0. The normalized spacial score (nSPS) is 12.9. The summed E-state index contributed by atoms with van der Waals surface area (Å²) in [6, 6.07) is 24.3. The number of hydrogen-bond donors (Lipinski definition) is 7. The molecule has 0 fully saturated rings. The molecule has 0 bridgehead atoms. The number of fused-ring (bicyclic) bond motifs is 3. The zero-order valence-electron chi connectivity index (χ0n) is 26.0. The number of phenolic OH excluding ortho intramolecular Hbond substituents is 1. The molecule has 0 amide bonds. The summed E-state index contributed by atoms with van der Waals surface area (Å²) < 4.78 is 106. The lowest BCUT2D eigenvalue weighted by Gasteiger charge is -2.09. The van der Waals surface area contributed by atoms with Crippen LogP contribution in [0.5, 0.6) is 5.75 Å². The summed E-state index contributed by atoms with van der Waals surface area (Å²) in [4.78, 5) is -0.493. The van der Waals surface area contributed by atoms with Crippen molar-refractivity contribution in [3.63, 3.8) is 0 Å². The minimum absolute atomic E-state index is 0. The van der Waals surface area contributed by atoms with Crippen LogP contribution in [0.4, 0.5) is 17.1 Å². The number of nitrogen functional groups attached to an aromatic ring is 3. The maximum atomic E-state index is 11.5. The van der Waals surface area contributed by atoms with Gasteiger partial charge in [0.05, 0.1) is 14.7 Å². The molecule has 1 unspecified atom stereocenters. The molecule has 18 heteroatoms. The predicted molar refractivity (Wildman–Crippen MR) is 202 cm³/mol. The van der Waals surface area contributed by atoms with Crippen LogP contribution >= 0.6 is 0 Å². The Labute approximate surface area is 295 Å². The first kappa shape index (κ1) is 40.5. The standard InChI is InChI=1S/C11H11NO6S2.C11H11NO2S.C10H9NO3S.CH4/c1-19(14,15)7-2-6-3-8(20(16,17)18)5-10(13)11(6)9(12)4-7;1-15(13,14)11-7-6-10(12)8-4-2-3-5-9(8)11;11-8-5-1-3-7-4-2-6-9(10(7)8)15(12,13)14;/h2-5,13H,12H2,1H3,(H,16,17,18);2-7H,1,12H2,(H,13,14);1-6H,11H2,(H,12,13,14);1H4. The Bertz CT molecular complexity index is 2680. The second-order valence-electron chi connectivity index (χ2n) is 10.8. The van der Waals surface area contributed by atoms with Gasteiger partial charge < -0.3 is 26.9 Å². The van der Waals surface area contributed by atoms with E-state index in [2.05, 4.69) is 5.87 Å². The van der Waals surface area contributed by atoms with Gasteiger partial charge in [-0.1, -0.05) is 56.0 Å². The van der Waals surface area contributed by atoms with Gasteiger partial charge in [-0.25, -0.2) is 12.6 Å². The summed E-state index contributed by atoms with van der Waals surface area (Å²) in [7, 11) is -15.5. The topological polar surface area (TPSA) is 278 Å². The van der Waals surface area contributed by atoms with Crippen molar-refractivity contribution in [2.24, 2.45) is 0 Å². The average Bonchev–Trinajstić information content (AvgIpc) is 2.99. The van der Waals surface area contributed by atoms with Crippen molar-refractivity contribution in [2.75, 3.05) is 23.5 Å². The molecule has 0 aliphatic heterocycles. The van der Waals surface area contributed by atoms with Gasteiger partial charge in [0.2, 0.25) is 0 Å². The van der Waals surface area contributed by atoms with E-state index >= 15 is 0 Å². The van der Waals surface area contributed by atoms with Gasteiger partial charge in [0.1, 0.15) is 20.4 Å². The van der Waals surface area contributed by atoms with Crippen LogP contribution in [-0.2, 0) is 39.9 Å². The Morgan fingerprint density at radius 1 is 0.549 bits per heavy atom. The third-order valence-electron chi connectivity index (χ3n) is 7.17. The predicted octanol–water partition coefficient (Wildman–Crippen LogP) is 5.05. The Hall–Kier alpha value is -4.95. The number of hydrogen-bond acceptors (Lipinski definition) is 11. The van der Waals surface area contributed by atoms with Crippen LogP contribution in [0, 0.1) is 0 Å². The van der Waals surface area contributed by atoms with Crippen LogP contribution in [-0.4, -0.2) is 60.4 Å². The number of phenols is 1. The van der Waals surface area contributed by atoms with Gasteiger partial charge in [-0.3, -0.25) is 9.11 Å². The van der Waals surface area contributed by atoms with Crippen molar-refractivity contribution in [3.05, 3.63) is 97.1 Å². The summed E-state index contributed by atoms with van der Waals surface area (Å²) in [6.45, 7) is 0. The van der Waals surface area contributed by atoms with Crippen molar-refractivity contribution in [3.8, 4) is 5.75 Å². The van der Waals surface area contributed by atoms with Crippen molar-refractivity contribution in [2.45, 2.75) is 27.0 Å². The number of rotatable bonds is 4. The zero-order chi connectivity index (χ0) is 37.4. The second-order valence-corrected chi connectivity index (χ2v) is 17.4. The van der Waals surface area contributed by atoms with Gasteiger partial charge in [0.15, 0.2) is 9.84 Å². The Morgan fingerprint density at radius 2 is 1.12 bits per heavy atom. The highest BCUT2D eigenvalue weighted by Gasteiger charge is 2.18. The van der Waals surface area contributed by atoms with E-state index in [1.165, 1.54) is 18.2 Å². The van der Waals surface area contributed by atoms with Crippen LogP contribution in [0.1, 0.15) is 7.43 Å². The van der Waals surface area contributed by atoms with E-state index in [1.807, 2.05) is 12.1 Å². The van der Waals surface area contributed by atoms with E-state index < -0.39 is 50.5 Å². The van der Waals surface area contributed by atoms with Crippen molar-refractivity contribution >= 4 is 95.1 Å². The number of benzene rings is 6. The lowest BCUT2D eigenvalue weighted by molar-refractivity contribution is 0.471. The highest BCUT2D eigenvalue weighted by atomic mass is 32.2. The average molecular weight is 778 g/mol. The molecule has 51 heavy (non-hydrogen) atoms. The SMILES string of the molecule is C.C=S(=O)(O)c1ccc(N)c2ccccc12.CS(=O)(=O)c1cc(N)c2c(O)cc(S(=O)(=O)O)cc2c1.Nc1cccc2cccc(S(=O)(=O)O)c12. The molecule has 6 rings (SSSR count). The van der Waals surface area contributed by atoms with Crippen LogP contribution in [0.15, 0.2) is 117 Å². The molecule has 0 saturated heterocycles. The fourth-order valence-corrected chi connectivity index (χ4v) is 7.72. The van der Waals surface area contributed by atoms with Crippen LogP contribution in [0.2, 0.25) is 0 Å². The highest BCUT2D eigenvalue weighted by molar-refractivity contribution is 7.95. The van der Waals surface area contributed by atoms with E-state index in [0.29, 0.717) is 32.4 Å². The molecule has 0 spiro atoms. The molecule has 6 aromatic carbocycles. The largest absolute Gasteiger partial charge is 0.507 e. The third-order valence-corrected chi connectivity index (χ3v) is 11.0. The van der Waals surface area contributed by atoms with Gasteiger partial charge in [-0.2, -0.15) is 16.8 Å². The van der Waals surface area contributed by atoms with Gasteiger partial charge in [-0.05, 0) is 59.1 Å². The van der Waals surface area contributed by atoms with E-state index in [4.69, 9.17) is 26.3 Å². The maximum Gasteiger partial charge on any atom is 0.295 e. The molecular weight excluding hydrogens is 743 g/mol. The number of sulfone groups is 1. The lowest BCUT2D eigenvalue weighted by Crippen LogP contribution is -2.01. The maximum absolute atomic E-state index is 11.5. The molecular formula is C33H35N3O11S4. The Morgan fingerprint density at radius 3 is 1.67 bits per heavy atom. The molecule has 0 aliphatic rings. The quantitative estimate of drug-likeness (QED) is 0.0701. The molecule has 10 N–H and O–H groups in total. The number of nitrogens with two attached hydrogens (primary N) is 3. The molecule has 0 aliphatic carbocycles. The van der Waals surface area contributed by atoms with E-state index in [1.54, 1.807) is 54.6 Å². The van der Waals surface area contributed by atoms with Crippen LogP contribution in [0.3, 0.4) is 0 Å². The molecule has 0 saturated carbocycles. The van der Waals surface area contributed by atoms with Gasteiger partial charge in [0.25, 0.3) is 20.2 Å². The van der Waals surface area contributed by atoms with Gasteiger partial charge in [-0.15, -0.1) is 0 Å². The fraction of sp³-hybridized carbons (Fsp3) is 0.0606. The van der Waals surface area contributed by atoms with E-state index in [9.17, 15) is 39.1 Å². The third kappa shape index (κ3) is 9.24. The highest BCUT2D eigenvalue weighted by Crippen LogP contribution is 2.35. The smallest absolute Gasteiger partial charge is 0.295 e. The number of aromatic hydroxyl groups is 1. The monoisotopic (exact) mass is 777 g/mol. The molecule has 0 heterocycles. The van der Waals surface area contributed by atoms with Crippen molar-refractivity contribution in [1.82, 2.24) is 0 Å². The molecule has 14 nitrogen and oxygen atoms in total. The number of anilines is 3. The first-order valence-electron chi connectivity index (χ1n) is 13.9. The molecule has 0 radical (unpaired) electrons. The summed E-state index contributed by atoms with van der Waals surface area (Å²) >= 11 is 0. The van der Waals surface area contributed by atoms with Crippen molar-refractivity contribution in [1.29, 1.82) is 0 Å². The van der Waals surface area contributed by atoms with Gasteiger partial charge >= 0.3 is 0 Å². The Balaban J connectivity index is 0.000000208. The summed E-state index contributed by atoms with van der Waals surface area (Å²) in [6.07, 6.45) is 0.972. The minimum Gasteiger partial charge on any atom is -0.507 e. The molecule has 1 atom stereocenters. The summed E-state index contributed by atoms with van der Waals surface area (Å²) in [5.74, 6) is 2.80. The summed E-state index contributed by atoms with van der Waals surface area (Å²) in [5.41, 5.74) is 18.0. The van der Waals surface area contributed by atoms with Gasteiger partial charge in [0, 0.05) is 50.9 Å². The van der Waals surface area contributed by atoms with E-state index in [0.717, 1.165) is 23.8 Å². The summed E-state index contributed by atoms with van der Waals surface area (Å²) in [5, 5.41) is 12.5. The van der Waals surface area contributed by atoms with Crippen LogP contribution < -0.4 is 17.2 Å². The lowest BCUT2D eigenvalue weighted by atomic mass is 10.1. The molecule has 0 aromatic heterocycles. The second kappa shape index (κ2) is 14.7. The van der Waals surface area contributed by atoms with Crippen molar-refractivity contribution < 1.29 is 48.2 Å². The Kier molecular flexibility index (Phi) is 11.7. The van der Waals surface area contributed by atoms with Crippen LogP contribution in [0.25, 0.3) is 32.3 Å².